The Balaban J connectivity index is 1.82. The summed E-state index contributed by atoms with van der Waals surface area (Å²) in [6.07, 6.45) is 1.73. The molecule has 6 heteroatoms. The maximum atomic E-state index is 12.8. The summed E-state index contributed by atoms with van der Waals surface area (Å²) >= 11 is 1.52. The average molecular weight is 356 g/mol. The van der Waals surface area contributed by atoms with Crippen LogP contribution in [-0.2, 0) is 9.53 Å². The number of aryl methyl sites for hydroxylation is 1. The van der Waals surface area contributed by atoms with Gasteiger partial charge in [-0.05, 0) is 36.6 Å². The lowest BCUT2D eigenvalue weighted by molar-refractivity contribution is -0.131. The molecular formula is C19H20N2O3S. The highest BCUT2D eigenvalue weighted by molar-refractivity contribution is 7.10. The van der Waals surface area contributed by atoms with Crippen LogP contribution >= 0.6 is 11.3 Å². The van der Waals surface area contributed by atoms with E-state index in [1.54, 1.807) is 23.1 Å². The van der Waals surface area contributed by atoms with Gasteiger partial charge < -0.3 is 15.0 Å². The van der Waals surface area contributed by atoms with Crippen molar-refractivity contribution in [3.05, 3.63) is 63.5 Å². The van der Waals surface area contributed by atoms with Crippen LogP contribution in [0, 0.1) is 6.92 Å². The maximum Gasteiger partial charge on any atom is 0.270 e. The topological polar surface area (TPSA) is 58.6 Å². The van der Waals surface area contributed by atoms with Crippen molar-refractivity contribution in [1.29, 1.82) is 0 Å². The molecule has 1 N–H and O–H groups in total. The highest BCUT2D eigenvalue weighted by Crippen LogP contribution is 2.15. The normalized spacial score (nSPS) is 15.1. The molecular weight excluding hydrogens is 336 g/mol. The molecule has 25 heavy (non-hydrogen) atoms. The number of hydrogen-bond acceptors (Lipinski definition) is 4. The van der Waals surface area contributed by atoms with Gasteiger partial charge in [0, 0.05) is 23.5 Å². The first-order valence-electron chi connectivity index (χ1n) is 8.14. The van der Waals surface area contributed by atoms with Crippen LogP contribution in [0.3, 0.4) is 0 Å². The van der Waals surface area contributed by atoms with Crippen LogP contribution in [0.2, 0.25) is 0 Å². The number of benzene rings is 1. The Hall–Kier alpha value is -2.44. The molecule has 130 valence electrons. The van der Waals surface area contributed by atoms with Gasteiger partial charge in [0.05, 0.1) is 13.2 Å². The van der Waals surface area contributed by atoms with Gasteiger partial charge in [0.25, 0.3) is 11.8 Å². The van der Waals surface area contributed by atoms with Gasteiger partial charge in [-0.1, -0.05) is 23.8 Å². The minimum atomic E-state index is -0.288. The highest BCUT2D eigenvalue weighted by atomic mass is 32.1. The van der Waals surface area contributed by atoms with Crippen molar-refractivity contribution in [2.45, 2.75) is 6.92 Å². The summed E-state index contributed by atoms with van der Waals surface area (Å²) in [5.74, 6) is -0.471. The van der Waals surface area contributed by atoms with E-state index < -0.39 is 0 Å². The first kappa shape index (κ1) is 17.4. The lowest BCUT2D eigenvalue weighted by Gasteiger charge is -2.27. The number of morpholine rings is 1. The smallest absolute Gasteiger partial charge is 0.270 e. The molecule has 1 aliphatic heterocycles. The summed E-state index contributed by atoms with van der Waals surface area (Å²) in [5.41, 5.74) is 1.89. The first-order valence-corrected chi connectivity index (χ1v) is 9.02. The van der Waals surface area contributed by atoms with Crippen LogP contribution < -0.4 is 5.32 Å². The Labute approximate surface area is 150 Å². The van der Waals surface area contributed by atoms with E-state index >= 15 is 0 Å². The van der Waals surface area contributed by atoms with Crippen LogP contribution in [0.25, 0.3) is 6.08 Å². The maximum absolute atomic E-state index is 12.8. The van der Waals surface area contributed by atoms with E-state index in [1.807, 2.05) is 36.6 Å². The summed E-state index contributed by atoms with van der Waals surface area (Å²) in [5, 5.41) is 4.72. The molecule has 0 spiro atoms. The van der Waals surface area contributed by atoms with Gasteiger partial charge in [-0.15, -0.1) is 11.3 Å². The first-order chi connectivity index (χ1) is 12.1. The van der Waals surface area contributed by atoms with Gasteiger partial charge in [0.2, 0.25) is 0 Å². The Kier molecular flexibility index (Phi) is 5.63. The van der Waals surface area contributed by atoms with Crippen molar-refractivity contribution in [2.75, 3.05) is 26.3 Å². The van der Waals surface area contributed by atoms with Crippen molar-refractivity contribution in [1.82, 2.24) is 10.2 Å². The van der Waals surface area contributed by atoms with Crippen LogP contribution in [0.4, 0.5) is 0 Å². The minimum Gasteiger partial charge on any atom is -0.378 e. The second kappa shape index (κ2) is 8.09. The number of thiophene rings is 1. The molecule has 3 rings (SSSR count). The van der Waals surface area contributed by atoms with Crippen LogP contribution in [0.5, 0.6) is 0 Å². The summed E-state index contributed by atoms with van der Waals surface area (Å²) in [6, 6.07) is 11.1. The van der Waals surface area contributed by atoms with Gasteiger partial charge in [0.15, 0.2) is 0 Å². The fourth-order valence-electron chi connectivity index (χ4n) is 2.50. The van der Waals surface area contributed by atoms with Crippen LogP contribution in [0.15, 0.2) is 47.5 Å². The number of carbonyl (C=O) groups is 2. The lowest BCUT2D eigenvalue weighted by Crippen LogP contribution is -2.44. The third kappa shape index (κ3) is 4.55. The molecule has 0 saturated carbocycles. The Bertz CT molecular complexity index is 760. The second-order valence-corrected chi connectivity index (χ2v) is 6.78. The largest absolute Gasteiger partial charge is 0.378 e. The molecule has 0 aliphatic carbocycles. The van der Waals surface area contributed by atoms with Gasteiger partial charge in [-0.25, -0.2) is 0 Å². The highest BCUT2D eigenvalue weighted by Gasteiger charge is 2.22. The van der Waals surface area contributed by atoms with Crippen molar-refractivity contribution in [3.63, 3.8) is 0 Å². The fraction of sp³-hybridized carbons (Fsp3) is 0.263. The third-order valence-corrected chi connectivity index (χ3v) is 4.74. The van der Waals surface area contributed by atoms with Crippen molar-refractivity contribution in [2.24, 2.45) is 0 Å². The Morgan fingerprint density at radius 3 is 2.52 bits per heavy atom. The SMILES string of the molecule is Cc1ccc(C(=O)N/C(=C\c2cccs2)C(=O)N2CCOCC2)cc1. The molecule has 1 aromatic heterocycles. The summed E-state index contributed by atoms with van der Waals surface area (Å²) in [6.45, 7) is 4.06. The molecule has 1 fully saturated rings. The van der Waals surface area contributed by atoms with E-state index in [0.717, 1.165) is 10.4 Å². The molecule has 0 radical (unpaired) electrons. The second-order valence-electron chi connectivity index (χ2n) is 5.80. The zero-order valence-electron chi connectivity index (χ0n) is 14.0. The predicted octanol–water partition coefficient (Wildman–Crippen LogP) is 2.69. The monoisotopic (exact) mass is 356 g/mol. The summed E-state index contributed by atoms with van der Waals surface area (Å²) in [7, 11) is 0. The summed E-state index contributed by atoms with van der Waals surface area (Å²) < 4.78 is 5.30. The van der Waals surface area contributed by atoms with Crippen LogP contribution in [-0.4, -0.2) is 43.0 Å². The standard InChI is InChI=1S/C19H20N2O3S/c1-14-4-6-15(7-5-14)18(22)20-17(13-16-3-2-12-25-16)19(23)21-8-10-24-11-9-21/h2-7,12-13H,8-11H2,1H3,(H,20,22)/b17-13-. The van der Waals surface area contributed by atoms with Gasteiger partial charge in [-0.3, -0.25) is 9.59 Å². The molecule has 0 atom stereocenters. The van der Waals surface area contributed by atoms with Crippen molar-refractivity contribution >= 4 is 29.2 Å². The zero-order valence-corrected chi connectivity index (χ0v) is 14.8. The average Bonchev–Trinajstić information content (AvgIpc) is 3.15. The number of carbonyl (C=O) groups excluding carboxylic acids is 2. The van der Waals surface area contributed by atoms with E-state index in [-0.39, 0.29) is 17.5 Å². The zero-order chi connectivity index (χ0) is 17.6. The summed E-state index contributed by atoms with van der Waals surface area (Å²) in [4.78, 5) is 28.0. The molecule has 2 amide bonds. The van der Waals surface area contributed by atoms with Gasteiger partial charge in [0.1, 0.15) is 5.70 Å². The Morgan fingerprint density at radius 2 is 1.88 bits per heavy atom. The van der Waals surface area contributed by atoms with E-state index in [4.69, 9.17) is 4.74 Å². The number of rotatable bonds is 4. The molecule has 1 aromatic carbocycles. The number of amides is 2. The molecule has 1 saturated heterocycles. The van der Waals surface area contributed by atoms with E-state index in [2.05, 4.69) is 5.32 Å². The Morgan fingerprint density at radius 1 is 1.16 bits per heavy atom. The van der Waals surface area contributed by atoms with E-state index in [9.17, 15) is 9.59 Å². The minimum absolute atomic E-state index is 0.183. The molecule has 0 unspecified atom stereocenters. The number of hydrogen-bond donors (Lipinski definition) is 1. The molecule has 2 aromatic rings. The third-order valence-electron chi connectivity index (χ3n) is 3.92. The molecule has 1 aliphatic rings. The molecule has 5 nitrogen and oxygen atoms in total. The quantitative estimate of drug-likeness (QED) is 0.857. The predicted molar refractivity (Wildman–Crippen MR) is 98.3 cm³/mol. The number of ether oxygens (including phenoxy) is 1. The fourth-order valence-corrected chi connectivity index (χ4v) is 3.16. The number of nitrogens with zero attached hydrogens (tertiary/aromatic N) is 1. The molecule has 0 bridgehead atoms. The van der Waals surface area contributed by atoms with Gasteiger partial charge in [-0.2, -0.15) is 0 Å². The van der Waals surface area contributed by atoms with E-state index in [0.29, 0.717) is 31.9 Å². The van der Waals surface area contributed by atoms with Crippen molar-refractivity contribution < 1.29 is 14.3 Å². The molecule has 2 heterocycles. The van der Waals surface area contributed by atoms with Crippen molar-refractivity contribution in [3.8, 4) is 0 Å². The van der Waals surface area contributed by atoms with Gasteiger partial charge >= 0.3 is 0 Å². The lowest BCUT2D eigenvalue weighted by atomic mass is 10.1. The van der Waals surface area contributed by atoms with E-state index in [1.165, 1.54) is 11.3 Å². The van der Waals surface area contributed by atoms with Crippen LogP contribution in [0.1, 0.15) is 20.8 Å². The number of nitrogens with one attached hydrogen (secondary N) is 1.